The minimum Gasteiger partial charge on any atom is -0.393 e. The van der Waals surface area contributed by atoms with Gasteiger partial charge in [-0.3, -0.25) is 0 Å². The lowest BCUT2D eigenvalue weighted by Crippen LogP contribution is -2.13. The van der Waals surface area contributed by atoms with Crippen LogP contribution < -0.4 is 0 Å². The van der Waals surface area contributed by atoms with Crippen LogP contribution in [0.4, 0.5) is 0 Å². The van der Waals surface area contributed by atoms with Gasteiger partial charge in [0.1, 0.15) is 0 Å². The summed E-state index contributed by atoms with van der Waals surface area (Å²) >= 11 is 0. The van der Waals surface area contributed by atoms with Gasteiger partial charge in [0.05, 0.1) is 12.2 Å². The van der Waals surface area contributed by atoms with Gasteiger partial charge in [0.15, 0.2) is 0 Å². The minimum atomic E-state index is -0.370. The van der Waals surface area contributed by atoms with Gasteiger partial charge in [0.2, 0.25) is 0 Å². The highest BCUT2D eigenvalue weighted by Crippen LogP contribution is 1.99. The molecular formula is C6H14O2. The fraction of sp³-hybridized carbons (Fsp3) is 1.00. The normalized spacial score (nSPS) is 18.0. The minimum absolute atomic E-state index is 0.324. The summed E-state index contributed by atoms with van der Waals surface area (Å²) in [7, 11) is 0. The van der Waals surface area contributed by atoms with E-state index in [0.29, 0.717) is 6.42 Å². The van der Waals surface area contributed by atoms with E-state index < -0.39 is 0 Å². The van der Waals surface area contributed by atoms with Crippen molar-refractivity contribution < 1.29 is 10.2 Å². The van der Waals surface area contributed by atoms with Gasteiger partial charge in [-0.1, -0.05) is 6.92 Å². The van der Waals surface area contributed by atoms with Crippen LogP contribution in [0.5, 0.6) is 0 Å². The monoisotopic (exact) mass is 118 g/mol. The number of rotatable bonds is 3. The maximum Gasteiger partial charge on any atom is 0.0562 e. The highest BCUT2D eigenvalue weighted by Gasteiger charge is 2.03. The van der Waals surface area contributed by atoms with Crippen molar-refractivity contribution in [2.45, 2.75) is 38.9 Å². The maximum absolute atomic E-state index is 8.87. The van der Waals surface area contributed by atoms with E-state index in [1.807, 2.05) is 6.92 Å². The van der Waals surface area contributed by atoms with Crippen molar-refractivity contribution in [2.24, 2.45) is 0 Å². The standard InChI is InChI=1S/C6H14O2/c1-3-6(8)4-5(2)7/h5-8H,3-4H2,1-2H3/t5-,6?/m1/s1. The molecule has 0 fully saturated rings. The summed E-state index contributed by atoms with van der Waals surface area (Å²) in [5, 5.41) is 17.6. The lowest BCUT2D eigenvalue weighted by molar-refractivity contribution is 0.0883. The van der Waals surface area contributed by atoms with Gasteiger partial charge >= 0.3 is 0 Å². The van der Waals surface area contributed by atoms with Gasteiger partial charge in [-0.2, -0.15) is 0 Å². The van der Waals surface area contributed by atoms with Crippen molar-refractivity contribution >= 4 is 0 Å². The van der Waals surface area contributed by atoms with Gasteiger partial charge in [-0.05, 0) is 19.8 Å². The Morgan fingerprint density at radius 3 is 2.00 bits per heavy atom. The van der Waals surface area contributed by atoms with Crippen molar-refractivity contribution in [3.05, 3.63) is 0 Å². The Bertz CT molecular complexity index is 52.5. The van der Waals surface area contributed by atoms with Crippen LogP contribution in [0.2, 0.25) is 0 Å². The first-order valence-electron chi connectivity index (χ1n) is 3.03. The lowest BCUT2D eigenvalue weighted by Gasteiger charge is -2.08. The molecule has 2 N–H and O–H groups in total. The molecule has 0 spiro atoms. The number of hydrogen-bond acceptors (Lipinski definition) is 2. The molecule has 0 aliphatic carbocycles. The van der Waals surface area contributed by atoms with E-state index in [9.17, 15) is 0 Å². The smallest absolute Gasteiger partial charge is 0.0562 e. The first-order chi connectivity index (χ1) is 3.66. The average Bonchev–Trinajstić information content (AvgIpc) is 1.65. The third-order valence-corrected chi connectivity index (χ3v) is 1.08. The van der Waals surface area contributed by atoms with E-state index in [1.54, 1.807) is 6.92 Å². The summed E-state index contributed by atoms with van der Waals surface area (Å²) in [6.45, 7) is 3.58. The molecule has 0 aromatic carbocycles. The second kappa shape index (κ2) is 3.87. The van der Waals surface area contributed by atoms with Crippen LogP contribution in [0.15, 0.2) is 0 Å². The third kappa shape index (κ3) is 4.09. The van der Waals surface area contributed by atoms with Crippen LogP contribution in [0.3, 0.4) is 0 Å². The zero-order chi connectivity index (χ0) is 6.57. The molecule has 0 heterocycles. The molecule has 0 radical (unpaired) electrons. The van der Waals surface area contributed by atoms with E-state index in [4.69, 9.17) is 10.2 Å². The van der Waals surface area contributed by atoms with Gasteiger partial charge < -0.3 is 10.2 Å². The Labute approximate surface area is 50.2 Å². The zero-order valence-corrected chi connectivity index (χ0v) is 5.46. The maximum atomic E-state index is 8.87. The molecule has 0 amide bonds. The Morgan fingerprint density at radius 2 is 1.88 bits per heavy atom. The predicted molar refractivity (Wildman–Crippen MR) is 32.6 cm³/mol. The Morgan fingerprint density at radius 1 is 1.38 bits per heavy atom. The molecule has 2 heteroatoms. The molecule has 0 bridgehead atoms. The van der Waals surface area contributed by atoms with Crippen LogP contribution in [0.1, 0.15) is 26.7 Å². The fourth-order valence-corrected chi connectivity index (χ4v) is 0.560. The van der Waals surface area contributed by atoms with E-state index in [2.05, 4.69) is 0 Å². The van der Waals surface area contributed by atoms with Crippen molar-refractivity contribution in [3.63, 3.8) is 0 Å². The van der Waals surface area contributed by atoms with E-state index >= 15 is 0 Å². The Balaban J connectivity index is 3.10. The average molecular weight is 118 g/mol. The molecule has 0 aliphatic heterocycles. The summed E-state index contributed by atoms with van der Waals surface area (Å²) in [4.78, 5) is 0. The van der Waals surface area contributed by atoms with Crippen LogP contribution >= 0.6 is 0 Å². The van der Waals surface area contributed by atoms with Gasteiger partial charge in [-0.25, -0.2) is 0 Å². The topological polar surface area (TPSA) is 40.5 Å². The van der Waals surface area contributed by atoms with E-state index in [-0.39, 0.29) is 12.2 Å². The summed E-state index contributed by atoms with van der Waals surface area (Å²) < 4.78 is 0. The van der Waals surface area contributed by atoms with Crippen LogP contribution in [0.25, 0.3) is 0 Å². The number of hydrogen-bond donors (Lipinski definition) is 2. The van der Waals surface area contributed by atoms with E-state index in [0.717, 1.165) is 6.42 Å². The fourth-order valence-electron chi connectivity index (χ4n) is 0.560. The molecule has 0 saturated carbocycles. The van der Waals surface area contributed by atoms with Gasteiger partial charge in [0.25, 0.3) is 0 Å². The summed E-state index contributed by atoms with van der Waals surface area (Å²) in [5.41, 5.74) is 0. The molecule has 1 unspecified atom stereocenters. The molecule has 0 aliphatic rings. The number of aliphatic hydroxyl groups is 2. The predicted octanol–water partition coefficient (Wildman–Crippen LogP) is 0.528. The molecule has 0 saturated heterocycles. The zero-order valence-electron chi connectivity index (χ0n) is 5.46. The van der Waals surface area contributed by atoms with Crippen LogP contribution in [0, 0.1) is 0 Å². The molecule has 2 nitrogen and oxygen atoms in total. The quantitative estimate of drug-likeness (QED) is 0.567. The van der Waals surface area contributed by atoms with Crippen molar-refractivity contribution in [1.82, 2.24) is 0 Å². The molecule has 50 valence electrons. The second-order valence-corrected chi connectivity index (χ2v) is 2.15. The molecule has 8 heavy (non-hydrogen) atoms. The molecule has 0 rings (SSSR count). The van der Waals surface area contributed by atoms with Crippen molar-refractivity contribution in [3.8, 4) is 0 Å². The Kier molecular flexibility index (Phi) is 3.83. The van der Waals surface area contributed by atoms with Crippen molar-refractivity contribution in [1.29, 1.82) is 0 Å². The Hall–Kier alpha value is -0.0800. The first-order valence-corrected chi connectivity index (χ1v) is 3.03. The molecule has 0 aromatic heterocycles. The SMILES string of the molecule is CCC(O)C[C@@H](C)O. The number of aliphatic hydroxyl groups excluding tert-OH is 2. The summed E-state index contributed by atoms with van der Waals surface area (Å²) in [5.74, 6) is 0. The van der Waals surface area contributed by atoms with E-state index in [1.165, 1.54) is 0 Å². The molecular weight excluding hydrogens is 104 g/mol. The second-order valence-electron chi connectivity index (χ2n) is 2.15. The summed E-state index contributed by atoms with van der Waals surface area (Å²) in [6.07, 6.45) is 0.529. The third-order valence-electron chi connectivity index (χ3n) is 1.08. The first kappa shape index (κ1) is 7.92. The van der Waals surface area contributed by atoms with Crippen LogP contribution in [-0.4, -0.2) is 22.4 Å². The molecule has 2 atom stereocenters. The van der Waals surface area contributed by atoms with Crippen molar-refractivity contribution in [2.75, 3.05) is 0 Å². The van der Waals surface area contributed by atoms with Gasteiger partial charge in [0, 0.05) is 0 Å². The van der Waals surface area contributed by atoms with Crippen LogP contribution in [-0.2, 0) is 0 Å². The highest BCUT2D eigenvalue weighted by atomic mass is 16.3. The summed E-state index contributed by atoms with van der Waals surface area (Å²) in [6, 6.07) is 0. The molecule has 0 aromatic rings. The largest absolute Gasteiger partial charge is 0.393 e. The van der Waals surface area contributed by atoms with Gasteiger partial charge in [-0.15, -0.1) is 0 Å². The highest BCUT2D eigenvalue weighted by molar-refractivity contribution is 4.55. The lowest BCUT2D eigenvalue weighted by atomic mass is 10.1.